The molecule has 0 fully saturated rings. The summed E-state index contributed by atoms with van der Waals surface area (Å²) in [7, 11) is 1.50. The van der Waals surface area contributed by atoms with Crippen LogP contribution in [0.1, 0.15) is 27.3 Å². The van der Waals surface area contributed by atoms with E-state index in [1.54, 1.807) is 22.9 Å². The summed E-state index contributed by atoms with van der Waals surface area (Å²) in [4.78, 5) is 24.5. The summed E-state index contributed by atoms with van der Waals surface area (Å²) in [5.74, 6) is 0.0907. The van der Waals surface area contributed by atoms with Gasteiger partial charge < -0.3 is 9.47 Å². The summed E-state index contributed by atoms with van der Waals surface area (Å²) >= 11 is 0. The fraction of sp³-hybridized carbons (Fsp3) is 0.227. The molecule has 3 aromatic rings. The van der Waals surface area contributed by atoms with Crippen LogP contribution in [0, 0.1) is 13.8 Å². The fourth-order valence-electron chi connectivity index (χ4n) is 2.87. The second-order valence-electron chi connectivity index (χ2n) is 6.73. The summed E-state index contributed by atoms with van der Waals surface area (Å²) in [5, 5.41) is 4.22. The van der Waals surface area contributed by atoms with Crippen LogP contribution in [0.5, 0.6) is 11.5 Å². The van der Waals surface area contributed by atoms with E-state index in [1.165, 1.54) is 7.11 Å². The van der Waals surface area contributed by atoms with Crippen molar-refractivity contribution in [1.82, 2.24) is 20.6 Å². The normalized spacial score (nSPS) is 10.4. The van der Waals surface area contributed by atoms with Gasteiger partial charge in [-0.2, -0.15) is 5.10 Å². The Bertz CT molecular complexity index is 1030. The van der Waals surface area contributed by atoms with Crippen LogP contribution in [0.2, 0.25) is 0 Å². The first-order valence-electron chi connectivity index (χ1n) is 9.41. The monoisotopic (exact) mass is 408 g/mol. The number of ether oxygens (including phenoxy) is 2. The highest BCUT2D eigenvalue weighted by atomic mass is 16.5. The first-order chi connectivity index (χ1) is 14.5. The number of nitrogens with one attached hydrogen (secondary N) is 2. The zero-order valence-corrected chi connectivity index (χ0v) is 17.1. The summed E-state index contributed by atoms with van der Waals surface area (Å²) in [6.07, 6.45) is 0. The molecule has 0 spiro atoms. The van der Waals surface area contributed by atoms with E-state index in [2.05, 4.69) is 16.0 Å². The van der Waals surface area contributed by atoms with Gasteiger partial charge >= 0.3 is 0 Å². The fourth-order valence-corrected chi connectivity index (χ4v) is 2.87. The van der Waals surface area contributed by atoms with Gasteiger partial charge in [0.2, 0.25) is 0 Å². The molecule has 0 saturated carbocycles. The van der Waals surface area contributed by atoms with Crippen molar-refractivity contribution in [1.29, 1.82) is 0 Å². The number of benzene rings is 2. The molecule has 2 amide bonds. The van der Waals surface area contributed by atoms with E-state index in [0.29, 0.717) is 23.7 Å². The van der Waals surface area contributed by atoms with Gasteiger partial charge in [0, 0.05) is 11.3 Å². The van der Waals surface area contributed by atoms with E-state index in [0.717, 1.165) is 17.0 Å². The zero-order chi connectivity index (χ0) is 21.5. The number of hydrogen-bond donors (Lipinski definition) is 2. The van der Waals surface area contributed by atoms with Crippen LogP contribution >= 0.6 is 0 Å². The molecule has 0 saturated heterocycles. The van der Waals surface area contributed by atoms with Gasteiger partial charge in [0.05, 0.1) is 12.8 Å². The molecular weight excluding hydrogens is 384 g/mol. The van der Waals surface area contributed by atoms with Gasteiger partial charge in [-0.1, -0.05) is 30.3 Å². The molecule has 0 atom stereocenters. The molecule has 0 radical (unpaired) electrons. The van der Waals surface area contributed by atoms with Crippen LogP contribution in [0.25, 0.3) is 0 Å². The summed E-state index contributed by atoms with van der Waals surface area (Å²) in [5.41, 5.74) is 7.83. The Morgan fingerprint density at radius 3 is 2.43 bits per heavy atom. The van der Waals surface area contributed by atoms with Crippen molar-refractivity contribution in [2.75, 3.05) is 7.11 Å². The lowest BCUT2D eigenvalue weighted by atomic mass is 10.2. The molecule has 156 valence electrons. The maximum atomic E-state index is 12.4. The van der Waals surface area contributed by atoms with Gasteiger partial charge in [0.25, 0.3) is 11.8 Å². The number of methoxy groups -OCH3 is 1. The lowest BCUT2D eigenvalue weighted by Crippen LogP contribution is -2.43. The Labute approximate surface area is 174 Å². The largest absolute Gasteiger partial charge is 0.493 e. The van der Waals surface area contributed by atoms with Crippen LogP contribution in [0.15, 0.2) is 54.6 Å². The quantitative estimate of drug-likeness (QED) is 0.586. The van der Waals surface area contributed by atoms with Crippen molar-refractivity contribution in [2.24, 2.45) is 0 Å². The lowest BCUT2D eigenvalue weighted by Gasteiger charge is -2.13. The van der Waals surface area contributed by atoms with E-state index in [1.807, 2.05) is 50.2 Å². The maximum absolute atomic E-state index is 12.4. The Balaban J connectivity index is 1.57. The highest BCUT2D eigenvalue weighted by Gasteiger charge is 2.13. The summed E-state index contributed by atoms with van der Waals surface area (Å²) < 4.78 is 12.7. The Morgan fingerprint density at radius 2 is 1.77 bits per heavy atom. The maximum Gasteiger partial charge on any atom is 0.269 e. The van der Waals surface area contributed by atoms with Crippen LogP contribution < -0.4 is 20.3 Å². The van der Waals surface area contributed by atoms with Crippen molar-refractivity contribution >= 4 is 11.8 Å². The molecule has 0 unspecified atom stereocenters. The number of hydrogen-bond acceptors (Lipinski definition) is 5. The van der Waals surface area contributed by atoms with E-state index in [-0.39, 0.29) is 12.5 Å². The van der Waals surface area contributed by atoms with Gasteiger partial charge in [-0.15, -0.1) is 0 Å². The molecule has 8 nitrogen and oxygen atoms in total. The highest BCUT2D eigenvalue weighted by molar-refractivity contribution is 5.96. The highest BCUT2D eigenvalue weighted by Crippen LogP contribution is 2.28. The molecular formula is C22H24N4O4. The van der Waals surface area contributed by atoms with Gasteiger partial charge in [-0.05, 0) is 43.7 Å². The minimum atomic E-state index is -0.468. The second kappa shape index (κ2) is 9.60. The van der Waals surface area contributed by atoms with Crippen molar-refractivity contribution in [2.45, 2.75) is 27.0 Å². The van der Waals surface area contributed by atoms with Crippen LogP contribution in [0.3, 0.4) is 0 Å². The summed E-state index contributed by atoms with van der Waals surface area (Å²) in [6.45, 7) is 4.10. The van der Waals surface area contributed by atoms with Crippen LogP contribution in [0.4, 0.5) is 0 Å². The molecule has 3 rings (SSSR count). The minimum Gasteiger partial charge on any atom is -0.493 e. The number of aryl methyl sites for hydroxylation is 2. The molecule has 1 heterocycles. The number of nitrogens with zero attached hydrogens (tertiary/aromatic N) is 2. The Morgan fingerprint density at radius 1 is 1.00 bits per heavy atom. The number of carbonyl (C=O) groups excluding carboxylic acids is 2. The molecule has 2 aromatic carbocycles. The number of hydrazine groups is 1. The van der Waals surface area contributed by atoms with Gasteiger partial charge in [-0.25, -0.2) is 0 Å². The molecule has 30 heavy (non-hydrogen) atoms. The lowest BCUT2D eigenvalue weighted by molar-refractivity contribution is -0.122. The van der Waals surface area contributed by atoms with Gasteiger partial charge in [0.1, 0.15) is 13.2 Å². The first-order valence-corrected chi connectivity index (χ1v) is 9.41. The van der Waals surface area contributed by atoms with Crippen molar-refractivity contribution in [3.63, 3.8) is 0 Å². The molecule has 1 aromatic heterocycles. The molecule has 2 N–H and O–H groups in total. The number of carbonyl (C=O) groups is 2. The third kappa shape index (κ3) is 5.38. The molecule has 0 aliphatic rings. The van der Waals surface area contributed by atoms with Gasteiger partial charge in [-0.3, -0.25) is 25.1 Å². The number of aromatic nitrogens is 2. The first kappa shape index (κ1) is 20.9. The van der Waals surface area contributed by atoms with E-state index >= 15 is 0 Å². The van der Waals surface area contributed by atoms with Crippen LogP contribution in [-0.4, -0.2) is 28.7 Å². The average molecular weight is 408 g/mol. The van der Waals surface area contributed by atoms with Crippen molar-refractivity contribution in [3.8, 4) is 11.5 Å². The standard InChI is InChI=1S/C22H24N4O4/c1-15-11-16(2)26(25-15)13-21(27)23-24-22(28)18-9-10-19(20(12-18)29-3)30-14-17-7-5-4-6-8-17/h4-12H,13-14H2,1-3H3,(H,23,27)(H,24,28). The SMILES string of the molecule is COc1cc(C(=O)NNC(=O)Cn2nc(C)cc2C)ccc1OCc1ccccc1. The van der Waals surface area contributed by atoms with Crippen molar-refractivity contribution < 1.29 is 19.1 Å². The number of rotatable bonds is 7. The molecule has 8 heteroatoms. The topological polar surface area (TPSA) is 94.5 Å². The van der Waals surface area contributed by atoms with E-state index in [9.17, 15) is 9.59 Å². The second-order valence-corrected chi connectivity index (χ2v) is 6.73. The average Bonchev–Trinajstić information content (AvgIpc) is 3.07. The predicted molar refractivity (Wildman–Crippen MR) is 111 cm³/mol. The van der Waals surface area contributed by atoms with Crippen molar-refractivity contribution in [3.05, 3.63) is 77.1 Å². The number of amides is 2. The Kier molecular flexibility index (Phi) is 6.69. The van der Waals surface area contributed by atoms with Gasteiger partial charge in [0.15, 0.2) is 11.5 Å². The predicted octanol–water partition coefficient (Wildman–Crippen LogP) is 2.55. The third-order valence-electron chi connectivity index (χ3n) is 4.38. The van der Waals surface area contributed by atoms with E-state index < -0.39 is 5.91 Å². The zero-order valence-electron chi connectivity index (χ0n) is 17.1. The molecule has 0 bridgehead atoms. The Hall–Kier alpha value is -3.81. The van der Waals surface area contributed by atoms with E-state index in [4.69, 9.17) is 9.47 Å². The van der Waals surface area contributed by atoms with Crippen LogP contribution in [-0.2, 0) is 17.9 Å². The summed E-state index contributed by atoms with van der Waals surface area (Å²) in [6, 6.07) is 16.4. The molecule has 0 aliphatic carbocycles. The molecule has 0 aliphatic heterocycles. The minimum absolute atomic E-state index is 0.00946. The third-order valence-corrected chi connectivity index (χ3v) is 4.38. The smallest absolute Gasteiger partial charge is 0.269 e.